The van der Waals surface area contributed by atoms with Crippen molar-refractivity contribution in [2.45, 2.75) is 39.3 Å². The first kappa shape index (κ1) is 19.3. The molecule has 1 amide bonds. The molecule has 1 aliphatic rings. The largest absolute Gasteiger partial charge is 0.486 e. The minimum Gasteiger partial charge on any atom is -0.486 e. The van der Waals surface area contributed by atoms with Crippen LogP contribution < -0.4 is 19.5 Å². The standard InChI is InChI=1S/C20H23ClN2O4/c1-20(2,3)27-18-5-4-13(12-23-18)11-22-17(24)10-14-8-15(21)19-16(9-14)25-6-7-26-19/h4-5,8-9,12H,6-7,10-11H2,1-3H3,(H,22,24). The Morgan fingerprint density at radius 3 is 2.70 bits per heavy atom. The highest BCUT2D eigenvalue weighted by atomic mass is 35.5. The van der Waals surface area contributed by atoms with Gasteiger partial charge in [-0.15, -0.1) is 0 Å². The number of carbonyl (C=O) groups is 1. The van der Waals surface area contributed by atoms with Crippen LogP contribution in [-0.2, 0) is 17.8 Å². The smallest absolute Gasteiger partial charge is 0.224 e. The monoisotopic (exact) mass is 390 g/mol. The summed E-state index contributed by atoms with van der Waals surface area (Å²) in [6, 6.07) is 7.21. The van der Waals surface area contributed by atoms with Crippen LogP contribution in [0.1, 0.15) is 31.9 Å². The predicted molar refractivity (Wildman–Crippen MR) is 103 cm³/mol. The number of nitrogens with zero attached hydrogens (tertiary/aromatic N) is 1. The molecule has 144 valence electrons. The number of hydrogen-bond donors (Lipinski definition) is 1. The van der Waals surface area contributed by atoms with Crippen LogP contribution in [0.2, 0.25) is 5.02 Å². The number of ether oxygens (including phenoxy) is 3. The normalized spacial score (nSPS) is 13.2. The Labute approximate surface area is 163 Å². The van der Waals surface area contributed by atoms with Crippen LogP contribution in [0, 0.1) is 0 Å². The first-order valence-corrected chi connectivity index (χ1v) is 9.16. The van der Waals surface area contributed by atoms with Gasteiger partial charge in [-0.2, -0.15) is 0 Å². The first-order chi connectivity index (χ1) is 12.8. The van der Waals surface area contributed by atoms with E-state index in [0.29, 0.717) is 42.2 Å². The molecule has 27 heavy (non-hydrogen) atoms. The highest BCUT2D eigenvalue weighted by molar-refractivity contribution is 6.32. The fourth-order valence-corrected chi connectivity index (χ4v) is 2.89. The summed E-state index contributed by atoms with van der Waals surface area (Å²) in [4.78, 5) is 16.5. The van der Waals surface area contributed by atoms with Gasteiger partial charge in [-0.25, -0.2) is 4.98 Å². The third-order valence-electron chi connectivity index (χ3n) is 3.72. The average molecular weight is 391 g/mol. The van der Waals surface area contributed by atoms with E-state index in [1.54, 1.807) is 24.4 Å². The lowest BCUT2D eigenvalue weighted by atomic mass is 10.1. The zero-order valence-electron chi connectivity index (χ0n) is 15.7. The Hall–Kier alpha value is -2.47. The zero-order chi connectivity index (χ0) is 19.4. The van der Waals surface area contributed by atoms with E-state index in [1.165, 1.54) is 0 Å². The van der Waals surface area contributed by atoms with Gasteiger partial charge in [0.05, 0.1) is 11.4 Å². The summed E-state index contributed by atoms with van der Waals surface area (Å²) in [7, 11) is 0. The fourth-order valence-electron chi connectivity index (χ4n) is 2.60. The Morgan fingerprint density at radius 2 is 2.00 bits per heavy atom. The van der Waals surface area contributed by atoms with Crippen molar-refractivity contribution >= 4 is 17.5 Å². The summed E-state index contributed by atoms with van der Waals surface area (Å²) in [5.74, 6) is 1.56. The van der Waals surface area contributed by atoms with E-state index < -0.39 is 0 Å². The molecule has 0 radical (unpaired) electrons. The number of pyridine rings is 1. The van der Waals surface area contributed by atoms with E-state index >= 15 is 0 Å². The number of hydrogen-bond acceptors (Lipinski definition) is 5. The average Bonchev–Trinajstić information content (AvgIpc) is 2.60. The van der Waals surface area contributed by atoms with Crippen LogP contribution in [0.25, 0.3) is 0 Å². The molecule has 0 atom stereocenters. The number of carbonyl (C=O) groups excluding carboxylic acids is 1. The lowest BCUT2D eigenvalue weighted by Crippen LogP contribution is -2.25. The summed E-state index contributed by atoms with van der Waals surface area (Å²) < 4.78 is 16.7. The summed E-state index contributed by atoms with van der Waals surface area (Å²) >= 11 is 6.21. The lowest BCUT2D eigenvalue weighted by Gasteiger charge is -2.20. The van der Waals surface area contributed by atoms with Crippen LogP contribution in [0.5, 0.6) is 17.4 Å². The lowest BCUT2D eigenvalue weighted by molar-refractivity contribution is -0.120. The van der Waals surface area contributed by atoms with Crippen LogP contribution in [0.3, 0.4) is 0 Å². The van der Waals surface area contributed by atoms with Crippen molar-refractivity contribution in [3.8, 4) is 17.4 Å². The number of benzene rings is 1. The van der Waals surface area contributed by atoms with Gasteiger partial charge in [0, 0.05) is 18.8 Å². The molecule has 1 aromatic carbocycles. The van der Waals surface area contributed by atoms with Crippen molar-refractivity contribution in [3.63, 3.8) is 0 Å². The molecule has 0 saturated carbocycles. The van der Waals surface area contributed by atoms with Gasteiger partial charge in [0.25, 0.3) is 0 Å². The highest BCUT2D eigenvalue weighted by Crippen LogP contribution is 2.38. The molecule has 6 nitrogen and oxygen atoms in total. The maximum absolute atomic E-state index is 12.2. The molecule has 0 aliphatic carbocycles. The summed E-state index contributed by atoms with van der Waals surface area (Å²) in [6.07, 6.45) is 1.90. The number of nitrogens with one attached hydrogen (secondary N) is 1. The van der Waals surface area contributed by atoms with E-state index in [2.05, 4.69) is 10.3 Å². The molecular formula is C20H23ClN2O4. The van der Waals surface area contributed by atoms with Gasteiger partial charge in [-0.3, -0.25) is 4.79 Å². The maximum Gasteiger partial charge on any atom is 0.224 e. The second-order valence-electron chi connectivity index (χ2n) is 7.27. The first-order valence-electron chi connectivity index (χ1n) is 8.79. The molecule has 7 heteroatoms. The summed E-state index contributed by atoms with van der Waals surface area (Å²) in [6.45, 7) is 7.23. The third kappa shape index (κ3) is 5.50. The van der Waals surface area contributed by atoms with Crippen LogP contribution in [-0.4, -0.2) is 29.7 Å². The highest BCUT2D eigenvalue weighted by Gasteiger charge is 2.18. The van der Waals surface area contributed by atoms with Crippen molar-refractivity contribution in [3.05, 3.63) is 46.6 Å². The molecule has 1 aromatic heterocycles. The van der Waals surface area contributed by atoms with Crippen molar-refractivity contribution in [2.24, 2.45) is 0 Å². The van der Waals surface area contributed by atoms with E-state index in [-0.39, 0.29) is 17.9 Å². The molecule has 2 aromatic rings. The van der Waals surface area contributed by atoms with Gasteiger partial charge in [0.15, 0.2) is 11.5 Å². The van der Waals surface area contributed by atoms with Gasteiger partial charge in [0.1, 0.15) is 18.8 Å². The second-order valence-corrected chi connectivity index (χ2v) is 7.68. The van der Waals surface area contributed by atoms with Crippen molar-refractivity contribution in [1.82, 2.24) is 10.3 Å². The van der Waals surface area contributed by atoms with Gasteiger partial charge >= 0.3 is 0 Å². The number of halogens is 1. The quantitative estimate of drug-likeness (QED) is 0.845. The van der Waals surface area contributed by atoms with Crippen LogP contribution in [0.15, 0.2) is 30.5 Å². The molecule has 0 unspecified atom stereocenters. The third-order valence-corrected chi connectivity index (χ3v) is 4.00. The predicted octanol–water partition coefficient (Wildman–Crippen LogP) is 3.54. The molecule has 2 heterocycles. The topological polar surface area (TPSA) is 69.7 Å². The number of amides is 1. The number of fused-ring (bicyclic) bond motifs is 1. The SMILES string of the molecule is CC(C)(C)Oc1ccc(CNC(=O)Cc2cc(Cl)c3c(c2)OCCO3)cn1. The molecule has 0 spiro atoms. The van der Waals surface area contributed by atoms with E-state index in [1.807, 2.05) is 26.8 Å². The molecular weight excluding hydrogens is 368 g/mol. The summed E-state index contributed by atoms with van der Waals surface area (Å²) in [5.41, 5.74) is 1.37. The van der Waals surface area contributed by atoms with Crippen LogP contribution in [0.4, 0.5) is 0 Å². The Bertz CT molecular complexity index is 816. The van der Waals surface area contributed by atoms with Crippen molar-refractivity contribution in [1.29, 1.82) is 0 Å². The van der Waals surface area contributed by atoms with Crippen molar-refractivity contribution < 1.29 is 19.0 Å². The molecule has 0 saturated heterocycles. The second kappa shape index (κ2) is 8.05. The minimum atomic E-state index is -0.298. The minimum absolute atomic E-state index is 0.113. The fraction of sp³-hybridized carbons (Fsp3) is 0.400. The maximum atomic E-state index is 12.2. The van der Waals surface area contributed by atoms with Crippen LogP contribution >= 0.6 is 11.6 Å². The van der Waals surface area contributed by atoms with E-state index in [9.17, 15) is 4.79 Å². The van der Waals surface area contributed by atoms with Crippen molar-refractivity contribution in [2.75, 3.05) is 13.2 Å². The summed E-state index contributed by atoms with van der Waals surface area (Å²) in [5, 5.41) is 3.33. The molecule has 0 bridgehead atoms. The van der Waals surface area contributed by atoms with Gasteiger partial charge in [-0.1, -0.05) is 17.7 Å². The molecule has 0 fully saturated rings. The Balaban J connectivity index is 1.55. The Kier molecular flexibility index (Phi) is 5.75. The Morgan fingerprint density at radius 1 is 1.22 bits per heavy atom. The zero-order valence-corrected chi connectivity index (χ0v) is 16.4. The van der Waals surface area contributed by atoms with E-state index in [0.717, 1.165) is 11.1 Å². The number of rotatable bonds is 5. The number of aromatic nitrogens is 1. The molecule has 1 aliphatic heterocycles. The van der Waals surface area contributed by atoms with Gasteiger partial charge < -0.3 is 19.5 Å². The molecule has 3 rings (SSSR count). The van der Waals surface area contributed by atoms with E-state index in [4.69, 9.17) is 25.8 Å². The molecule has 1 N–H and O–H groups in total. The van der Waals surface area contributed by atoms with Gasteiger partial charge in [0.2, 0.25) is 11.8 Å². The van der Waals surface area contributed by atoms with Gasteiger partial charge in [-0.05, 0) is 44.0 Å².